The number of para-hydroxylation sites is 2. The molecule has 0 atom stereocenters. The summed E-state index contributed by atoms with van der Waals surface area (Å²) in [6, 6.07) is 18.2. The van der Waals surface area contributed by atoms with Crippen molar-refractivity contribution in [3.63, 3.8) is 0 Å². The number of thioether (sulfide) groups is 1. The first-order chi connectivity index (χ1) is 19.0. The SMILES string of the molecule is CCOCCOCCOCC[n+]1ccc(/C=C/C=C2\Sc3ccccc3N2CCS(=O)(=O)O)c2ccccc21. The third-order valence-corrected chi connectivity index (χ3v) is 7.94. The van der Waals surface area contributed by atoms with Crippen molar-refractivity contribution in [2.24, 2.45) is 0 Å². The topological polar surface area (TPSA) is 89.2 Å². The van der Waals surface area contributed by atoms with Gasteiger partial charge in [-0.3, -0.25) is 4.55 Å². The maximum absolute atomic E-state index is 11.4. The van der Waals surface area contributed by atoms with Crippen LogP contribution in [0.1, 0.15) is 12.5 Å². The van der Waals surface area contributed by atoms with Gasteiger partial charge in [0, 0.05) is 30.2 Å². The largest absolute Gasteiger partial charge is 0.379 e. The fourth-order valence-corrected chi connectivity index (χ4v) is 5.76. The second-order valence-corrected chi connectivity index (χ2v) is 11.4. The third kappa shape index (κ3) is 8.63. The number of allylic oxidation sites excluding steroid dienone is 2. The molecule has 39 heavy (non-hydrogen) atoms. The van der Waals surface area contributed by atoms with Gasteiger partial charge in [0.2, 0.25) is 5.52 Å². The summed E-state index contributed by atoms with van der Waals surface area (Å²) < 4.78 is 50.7. The van der Waals surface area contributed by atoms with Crippen LogP contribution in [-0.2, 0) is 30.9 Å². The number of fused-ring (bicyclic) bond motifs is 2. The molecule has 0 amide bonds. The van der Waals surface area contributed by atoms with E-state index in [-0.39, 0.29) is 12.3 Å². The van der Waals surface area contributed by atoms with Crippen LogP contribution in [0.5, 0.6) is 0 Å². The lowest BCUT2D eigenvalue weighted by Gasteiger charge is -2.19. The van der Waals surface area contributed by atoms with Crippen LogP contribution in [0.4, 0.5) is 5.69 Å². The van der Waals surface area contributed by atoms with Gasteiger partial charge in [-0.2, -0.15) is 13.0 Å². The van der Waals surface area contributed by atoms with E-state index in [1.54, 1.807) is 11.8 Å². The summed E-state index contributed by atoms with van der Waals surface area (Å²) in [5.74, 6) is -0.336. The van der Waals surface area contributed by atoms with Crippen LogP contribution in [0.15, 0.2) is 82.9 Å². The molecule has 0 fully saturated rings. The molecule has 8 nitrogen and oxygen atoms in total. The predicted octanol–water partition coefficient (Wildman–Crippen LogP) is 4.55. The standard InChI is InChI=1S/C29H34N2O6S2/c1-2-35-19-20-37-22-21-36-18-16-30-15-14-24(25-9-3-4-10-26(25)30)8-7-13-29-31(17-23-39(32,33)34)27-11-5-6-12-28(27)38-29/h3-15H,2,16-23H2,1H3/p+1. The summed E-state index contributed by atoms with van der Waals surface area (Å²) in [5, 5.41) is 2.03. The van der Waals surface area contributed by atoms with E-state index in [2.05, 4.69) is 35.0 Å². The zero-order valence-corrected chi connectivity index (χ0v) is 23.7. The van der Waals surface area contributed by atoms with E-state index in [1.165, 1.54) is 0 Å². The number of hydrogen-bond donors (Lipinski definition) is 1. The molecule has 2 heterocycles. The second kappa shape index (κ2) is 14.6. The monoisotopic (exact) mass is 571 g/mol. The predicted molar refractivity (Wildman–Crippen MR) is 155 cm³/mol. The molecule has 1 aliphatic heterocycles. The fourth-order valence-electron chi connectivity index (χ4n) is 4.24. The van der Waals surface area contributed by atoms with E-state index in [0.29, 0.717) is 39.6 Å². The van der Waals surface area contributed by atoms with Crippen LogP contribution >= 0.6 is 11.8 Å². The highest BCUT2D eigenvalue weighted by Crippen LogP contribution is 2.45. The first-order valence-electron chi connectivity index (χ1n) is 13.0. The van der Waals surface area contributed by atoms with Crippen molar-refractivity contribution in [2.45, 2.75) is 18.4 Å². The molecular formula is C29H35N2O6S2+. The Morgan fingerprint density at radius 1 is 0.949 bits per heavy atom. The fraction of sp³-hybridized carbons (Fsp3) is 0.345. The minimum absolute atomic E-state index is 0.179. The normalized spacial score (nSPS) is 14.6. The molecule has 1 aliphatic rings. The van der Waals surface area contributed by atoms with Crippen LogP contribution in [0.25, 0.3) is 17.0 Å². The third-order valence-electron chi connectivity index (χ3n) is 6.11. The van der Waals surface area contributed by atoms with Crippen LogP contribution in [-0.4, -0.2) is 64.9 Å². The van der Waals surface area contributed by atoms with Crippen molar-refractivity contribution in [3.8, 4) is 0 Å². The Balaban J connectivity index is 1.41. The molecule has 0 bridgehead atoms. The maximum atomic E-state index is 11.4. The molecule has 0 aliphatic carbocycles. The summed E-state index contributed by atoms with van der Waals surface area (Å²) in [6.07, 6.45) is 8.08. The van der Waals surface area contributed by atoms with Gasteiger partial charge in [0.15, 0.2) is 12.7 Å². The summed E-state index contributed by atoms with van der Waals surface area (Å²) in [7, 11) is -4.06. The van der Waals surface area contributed by atoms with Gasteiger partial charge in [-0.1, -0.05) is 48.2 Å². The highest BCUT2D eigenvalue weighted by Gasteiger charge is 2.25. The lowest BCUT2D eigenvalue weighted by Crippen LogP contribution is -2.36. The molecule has 1 N–H and O–H groups in total. The molecule has 1 aromatic heterocycles. The second-order valence-electron chi connectivity index (χ2n) is 8.77. The van der Waals surface area contributed by atoms with Crippen molar-refractivity contribution in [1.82, 2.24) is 0 Å². The van der Waals surface area contributed by atoms with Crippen LogP contribution < -0.4 is 9.47 Å². The van der Waals surface area contributed by atoms with Crippen molar-refractivity contribution < 1.29 is 31.7 Å². The van der Waals surface area contributed by atoms with Crippen LogP contribution in [0, 0.1) is 0 Å². The Morgan fingerprint density at radius 2 is 1.67 bits per heavy atom. The Hall–Kier alpha value is -2.73. The molecule has 2 aromatic carbocycles. The van der Waals surface area contributed by atoms with Crippen molar-refractivity contribution in [2.75, 3.05) is 56.8 Å². The van der Waals surface area contributed by atoms with E-state index >= 15 is 0 Å². The molecule has 0 radical (unpaired) electrons. The minimum Gasteiger partial charge on any atom is -0.379 e. The van der Waals surface area contributed by atoms with Gasteiger partial charge in [0.1, 0.15) is 6.61 Å². The number of benzene rings is 2. The molecule has 10 heteroatoms. The van der Waals surface area contributed by atoms with E-state index in [0.717, 1.165) is 38.6 Å². The molecular weight excluding hydrogens is 536 g/mol. The summed E-state index contributed by atoms with van der Waals surface area (Å²) in [6.45, 7) is 6.43. The number of ether oxygens (including phenoxy) is 3. The first-order valence-corrected chi connectivity index (χ1v) is 15.4. The molecule has 0 saturated heterocycles. The zero-order chi connectivity index (χ0) is 27.5. The van der Waals surface area contributed by atoms with Crippen molar-refractivity contribution in [1.29, 1.82) is 0 Å². The Morgan fingerprint density at radius 3 is 2.46 bits per heavy atom. The van der Waals surface area contributed by atoms with Gasteiger partial charge in [0.25, 0.3) is 10.1 Å². The number of rotatable bonds is 15. The number of aromatic nitrogens is 1. The van der Waals surface area contributed by atoms with E-state index in [4.69, 9.17) is 14.2 Å². The number of pyridine rings is 1. The quantitative estimate of drug-likeness (QED) is 0.162. The lowest BCUT2D eigenvalue weighted by molar-refractivity contribution is -0.673. The molecule has 208 valence electrons. The zero-order valence-electron chi connectivity index (χ0n) is 22.1. The molecule has 4 rings (SSSR count). The Kier molecular flexibility index (Phi) is 11.0. The van der Waals surface area contributed by atoms with E-state index in [1.807, 2.05) is 60.4 Å². The van der Waals surface area contributed by atoms with E-state index in [9.17, 15) is 13.0 Å². The van der Waals surface area contributed by atoms with E-state index < -0.39 is 10.1 Å². The number of hydrogen-bond acceptors (Lipinski definition) is 7. The Labute approximate surface area is 234 Å². The minimum atomic E-state index is -4.06. The molecule has 0 unspecified atom stereocenters. The average Bonchev–Trinajstić information content (AvgIpc) is 3.28. The number of anilines is 1. The average molecular weight is 572 g/mol. The van der Waals surface area contributed by atoms with Crippen LogP contribution in [0.3, 0.4) is 0 Å². The highest BCUT2D eigenvalue weighted by molar-refractivity contribution is 8.03. The Bertz CT molecular complexity index is 1410. The van der Waals surface area contributed by atoms with Gasteiger partial charge in [-0.15, -0.1) is 0 Å². The smallest absolute Gasteiger partial charge is 0.266 e. The highest BCUT2D eigenvalue weighted by atomic mass is 32.2. The van der Waals surface area contributed by atoms with Crippen LogP contribution in [0.2, 0.25) is 0 Å². The molecule has 0 saturated carbocycles. The summed E-state index contributed by atoms with van der Waals surface area (Å²) >= 11 is 1.58. The summed E-state index contributed by atoms with van der Waals surface area (Å²) in [4.78, 5) is 2.98. The van der Waals surface area contributed by atoms with Gasteiger partial charge in [-0.25, -0.2) is 0 Å². The van der Waals surface area contributed by atoms with Gasteiger partial charge < -0.3 is 19.1 Å². The molecule has 0 spiro atoms. The van der Waals surface area contributed by atoms with Crippen molar-refractivity contribution in [3.05, 3.63) is 83.5 Å². The maximum Gasteiger partial charge on any atom is 0.266 e. The summed E-state index contributed by atoms with van der Waals surface area (Å²) in [5.41, 5.74) is 3.13. The lowest BCUT2D eigenvalue weighted by atomic mass is 10.1. The van der Waals surface area contributed by atoms with Gasteiger partial charge in [0.05, 0.1) is 48.3 Å². The number of nitrogens with zero attached hydrogens (tertiary/aromatic N) is 2. The van der Waals surface area contributed by atoms with Crippen molar-refractivity contribution >= 4 is 44.5 Å². The van der Waals surface area contributed by atoms with Gasteiger partial charge in [-0.05, 0) is 36.8 Å². The first kappa shape index (κ1) is 29.3. The molecule has 3 aromatic rings. The van der Waals surface area contributed by atoms with Gasteiger partial charge >= 0.3 is 0 Å².